The summed E-state index contributed by atoms with van der Waals surface area (Å²) in [5.41, 5.74) is 9.28. The zero-order valence-corrected chi connectivity index (χ0v) is 36.9. The van der Waals surface area contributed by atoms with Crippen LogP contribution in [0, 0.1) is 0 Å². The van der Waals surface area contributed by atoms with Crippen LogP contribution in [0.4, 0.5) is 11.4 Å². The molecule has 9 nitrogen and oxygen atoms in total. The molecule has 2 aliphatic carbocycles. The summed E-state index contributed by atoms with van der Waals surface area (Å²) in [6, 6.07) is 26.2. The van der Waals surface area contributed by atoms with Gasteiger partial charge in [0.25, 0.3) is 0 Å². The minimum absolute atomic E-state index is 0.284. The molecule has 0 radical (unpaired) electrons. The fourth-order valence-electron chi connectivity index (χ4n) is 9.73. The Hall–Kier alpha value is -4.43. The van der Waals surface area contributed by atoms with Crippen molar-refractivity contribution in [3.63, 3.8) is 0 Å². The zero-order valence-electron chi connectivity index (χ0n) is 35.3. The molecule has 0 amide bonds. The molecule has 4 aromatic rings. The first-order valence-corrected chi connectivity index (χ1v) is 23.1. The maximum atomic E-state index is 10.5. The Labute approximate surface area is 367 Å². The number of anilines is 1. The summed E-state index contributed by atoms with van der Waals surface area (Å²) in [4.78, 5) is 2.44. The first-order chi connectivity index (χ1) is 29.7. The lowest BCUT2D eigenvalue weighted by Gasteiger charge is -2.28. The van der Waals surface area contributed by atoms with Gasteiger partial charge in [-0.15, -0.1) is 0 Å². The minimum atomic E-state index is -0.284. The molecule has 0 fully saturated rings. The minimum Gasteiger partial charge on any atom is -0.691 e. The van der Waals surface area contributed by atoms with E-state index in [4.69, 9.17) is 4.74 Å². The van der Waals surface area contributed by atoms with E-state index in [0.717, 1.165) is 93.6 Å². The molecular formula is C50H53N2O7S2-. The summed E-state index contributed by atoms with van der Waals surface area (Å²) in [5.74, 6) is 3.15. The summed E-state index contributed by atoms with van der Waals surface area (Å²) in [5, 5.41) is 33.1. The zero-order chi connectivity index (χ0) is 42.4. The van der Waals surface area contributed by atoms with E-state index in [0.29, 0.717) is 11.5 Å². The molecular weight excluding hydrogens is 805 g/mol. The van der Waals surface area contributed by atoms with Crippen molar-refractivity contribution >= 4 is 62.7 Å². The van der Waals surface area contributed by atoms with Gasteiger partial charge in [-0.3, -0.25) is 10.1 Å². The van der Waals surface area contributed by atoms with E-state index in [-0.39, 0.29) is 10.8 Å². The Morgan fingerprint density at radius 1 is 0.754 bits per heavy atom. The monoisotopic (exact) mass is 857 g/mol. The van der Waals surface area contributed by atoms with Crippen LogP contribution in [0.5, 0.6) is 0 Å². The lowest BCUT2D eigenvalue weighted by Crippen LogP contribution is -2.28. The Morgan fingerprint density at radius 3 is 2.18 bits per heavy atom. The van der Waals surface area contributed by atoms with E-state index < -0.39 is 0 Å². The molecule has 0 aromatic heterocycles. The van der Waals surface area contributed by atoms with Crippen molar-refractivity contribution in [1.29, 1.82) is 0 Å². The Morgan fingerprint density at radius 2 is 1.46 bits per heavy atom. The van der Waals surface area contributed by atoms with E-state index >= 15 is 0 Å². The molecule has 2 heterocycles. The van der Waals surface area contributed by atoms with Crippen LogP contribution in [0.15, 0.2) is 144 Å². The third kappa shape index (κ3) is 8.94. The molecule has 0 spiro atoms. The van der Waals surface area contributed by atoms with Crippen LogP contribution in [0.2, 0.25) is 0 Å². The molecule has 4 aromatic carbocycles. The average molecular weight is 858 g/mol. The van der Waals surface area contributed by atoms with Gasteiger partial charge in [-0.2, -0.15) is 13.2 Å². The van der Waals surface area contributed by atoms with Crippen molar-refractivity contribution in [1.82, 2.24) is 0 Å². The molecule has 0 bridgehead atoms. The van der Waals surface area contributed by atoms with E-state index in [1.165, 1.54) is 66.6 Å². The number of hydrogen-bond acceptors (Lipinski definition) is 10. The molecule has 318 valence electrons. The Kier molecular flexibility index (Phi) is 13.7. The van der Waals surface area contributed by atoms with Crippen LogP contribution < -0.4 is 15.4 Å². The largest absolute Gasteiger partial charge is 0.691 e. The summed E-state index contributed by atoms with van der Waals surface area (Å²) >= 11 is 2.07. The number of ether oxygens (including phenoxy) is 1. The Balaban J connectivity index is 1.20. The fourth-order valence-corrected chi connectivity index (χ4v) is 10.4. The van der Waals surface area contributed by atoms with Gasteiger partial charge >= 0.3 is 0 Å². The fraction of sp³-hybridized carbons (Fsp3) is 0.340. The smallest absolute Gasteiger partial charge is 0.210 e. The second-order valence-electron chi connectivity index (χ2n) is 16.9. The molecule has 0 saturated heterocycles. The average Bonchev–Trinajstić information content (AvgIpc) is 3.63. The molecule has 61 heavy (non-hydrogen) atoms. The number of hydrogen-bond donors (Lipinski definition) is 0. The number of allylic oxidation sites excluding steroid dienone is 11. The van der Waals surface area contributed by atoms with Crippen molar-refractivity contribution in [3.8, 4) is 0 Å². The second-order valence-corrected chi connectivity index (χ2v) is 18.5. The number of nitrogens with zero attached hydrogens (tertiary/aromatic N) is 2. The highest BCUT2D eigenvalue weighted by Crippen LogP contribution is 2.51. The highest BCUT2D eigenvalue weighted by atomic mass is 32.2. The van der Waals surface area contributed by atoms with Crippen LogP contribution in [0.3, 0.4) is 0 Å². The van der Waals surface area contributed by atoms with Gasteiger partial charge in [0.2, 0.25) is 5.69 Å². The molecule has 0 saturated carbocycles. The quantitative estimate of drug-likeness (QED) is 0.0336. The van der Waals surface area contributed by atoms with Gasteiger partial charge in [0.15, 0.2) is 5.71 Å². The first-order valence-electron chi connectivity index (χ1n) is 21.2. The van der Waals surface area contributed by atoms with Crippen molar-refractivity contribution < 1.29 is 38.6 Å². The van der Waals surface area contributed by atoms with Gasteiger partial charge in [-0.05, 0) is 115 Å². The highest BCUT2D eigenvalue weighted by Gasteiger charge is 2.45. The first kappa shape index (κ1) is 43.2. The van der Waals surface area contributed by atoms with Gasteiger partial charge < -0.3 is 20.2 Å². The Bertz CT molecular complexity index is 2500. The normalized spacial score (nSPS) is 19.6. The summed E-state index contributed by atoms with van der Waals surface area (Å²) in [6.07, 6.45) is 21.8. The predicted molar refractivity (Wildman–Crippen MR) is 243 cm³/mol. The van der Waals surface area contributed by atoms with E-state index in [1.54, 1.807) is 0 Å². The molecule has 4 aliphatic rings. The molecule has 11 heteroatoms. The van der Waals surface area contributed by atoms with Crippen molar-refractivity contribution in [2.45, 2.75) is 83.5 Å². The summed E-state index contributed by atoms with van der Waals surface area (Å²) in [7, 11) is 0. The summed E-state index contributed by atoms with van der Waals surface area (Å²) < 4.78 is 18.6. The summed E-state index contributed by atoms with van der Waals surface area (Å²) in [6.45, 7) is 10.8. The van der Waals surface area contributed by atoms with Crippen LogP contribution in [0.25, 0.3) is 21.5 Å². The molecule has 2 aliphatic heterocycles. The van der Waals surface area contributed by atoms with Crippen LogP contribution in [0.1, 0.15) is 83.8 Å². The second kappa shape index (κ2) is 19.3. The van der Waals surface area contributed by atoms with Crippen molar-refractivity contribution in [2.24, 2.45) is 0 Å². The van der Waals surface area contributed by atoms with E-state index in [1.807, 2.05) is 0 Å². The maximum absolute atomic E-state index is 10.5. The molecule has 0 N–H and O–H groups in total. The SMILES string of the molecule is CC1(C)C(/C=C/C2=C(OC3=CC=CCC3)C(=C/C=C3\N(CCCSOO[O-])c4ccc5ccccc5c4C3(C)C)/CCC2)=[N+](CCCSOO[O-])c2ccc3ccccc3c21. The molecule has 0 unspecified atom stereocenters. The van der Waals surface area contributed by atoms with Gasteiger partial charge in [0, 0.05) is 89.5 Å². The van der Waals surface area contributed by atoms with Crippen molar-refractivity contribution in [3.05, 3.63) is 155 Å². The maximum Gasteiger partial charge on any atom is 0.210 e. The van der Waals surface area contributed by atoms with Gasteiger partial charge in [-0.1, -0.05) is 86.7 Å². The van der Waals surface area contributed by atoms with Gasteiger partial charge in [0.1, 0.15) is 18.1 Å². The van der Waals surface area contributed by atoms with Crippen LogP contribution >= 0.6 is 24.1 Å². The number of fused-ring (bicyclic) bond motifs is 6. The highest BCUT2D eigenvalue weighted by molar-refractivity contribution is 7.94. The standard InChI is InChI=1S/C50H54N2O7S2/c1-49(2)44(51(31-13-33-60-58-56-53)42-27-23-35-15-8-10-21-40(35)46(42)49)29-25-37-17-12-18-38(48(37)55-39-19-6-5-7-20-39)26-30-45-50(3,4)47-41-22-11-9-16-36(41)24-28-43(47)52(45)32-14-34-61-59-57-54/h5-6,8-11,15-16,19,21-30H,7,12-14,17-18,20,31-34H2,1-4H3,(H-,53,54)/p-1. The van der Waals surface area contributed by atoms with E-state index in [9.17, 15) is 10.5 Å². The topological polar surface area (TPSA) is 98.5 Å². The van der Waals surface area contributed by atoms with Crippen molar-refractivity contribution in [2.75, 3.05) is 29.5 Å². The van der Waals surface area contributed by atoms with Crippen LogP contribution in [-0.4, -0.2) is 34.9 Å². The third-order valence-corrected chi connectivity index (χ3v) is 13.7. The lowest BCUT2D eigenvalue weighted by molar-refractivity contribution is -0.777. The van der Waals surface area contributed by atoms with E-state index in [2.05, 4.69) is 171 Å². The lowest BCUT2D eigenvalue weighted by atomic mass is 9.78. The van der Waals surface area contributed by atoms with Gasteiger partial charge in [-0.25, -0.2) is 0 Å². The number of benzene rings is 4. The molecule has 8 rings (SSSR count). The van der Waals surface area contributed by atoms with Gasteiger partial charge in [0.05, 0.1) is 5.41 Å². The predicted octanol–water partition coefficient (Wildman–Crippen LogP) is 10.7. The van der Waals surface area contributed by atoms with Crippen LogP contribution in [-0.2, 0) is 34.3 Å². The molecule has 0 atom stereocenters. The third-order valence-electron chi connectivity index (χ3n) is 12.4. The number of rotatable bonds is 17.